The molecule has 18 atom stereocenters. The number of likely N-dealkylation sites (N-methyl/N-ethyl adjacent to an activating group) is 1. The van der Waals surface area contributed by atoms with Gasteiger partial charge in [-0.3, -0.25) is 4.79 Å². The summed E-state index contributed by atoms with van der Waals surface area (Å²) in [5, 5.41) is 49.7. The van der Waals surface area contributed by atoms with E-state index in [2.05, 4.69) is 5.32 Å². The van der Waals surface area contributed by atoms with Crippen molar-refractivity contribution >= 4 is 5.97 Å². The predicted octanol–water partition coefficient (Wildman–Crippen LogP) is 2.69. The number of esters is 1. The Hall–Kier alpha value is -0.970. The first kappa shape index (κ1) is 44.4. The monoisotopic (exact) mass is 733 g/mol. The molecule has 3 aliphatic rings. The number of aliphatic hydroxyl groups is 4. The molecule has 0 amide bonds. The molecular formula is C38H72N2O11. The van der Waals surface area contributed by atoms with E-state index < -0.39 is 84.3 Å². The lowest BCUT2D eigenvalue weighted by atomic mass is 9.77. The highest BCUT2D eigenvalue weighted by Gasteiger charge is 2.51. The lowest BCUT2D eigenvalue weighted by Gasteiger charge is -2.48. The first-order valence-electron chi connectivity index (χ1n) is 19.1. The van der Waals surface area contributed by atoms with Crippen LogP contribution in [0.25, 0.3) is 0 Å². The zero-order valence-corrected chi connectivity index (χ0v) is 33.7. The summed E-state index contributed by atoms with van der Waals surface area (Å²) >= 11 is 0. The van der Waals surface area contributed by atoms with Gasteiger partial charge in [-0.2, -0.15) is 0 Å². The molecule has 0 aromatic rings. The van der Waals surface area contributed by atoms with Crippen LogP contribution in [0.5, 0.6) is 0 Å². The highest BCUT2D eigenvalue weighted by molar-refractivity contribution is 5.73. The number of hydrogen-bond donors (Lipinski definition) is 5. The third kappa shape index (κ3) is 10.6. The normalized spacial score (nSPS) is 48.6. The molecule has 13 heteroatoms. The van der Waals surface area contributed by atoms with Crippen LogP contribution >= 0.6 is 0 Å². The van der Waals surface area contributed by atoms with Gasteiger partial charge >= 0.3 is 5.97 Å². The van der Waals surface area contributed by atoms with Crippen LogP contribution < -0.4 is 5.32 Å². The summed E-state index contributed by atoms with van der Waals surface area (Å²) in [7, 11) is 5.33. The van der Waals surface area contributed by atoms with E-state index in [1.54, 1.807) is 27.7 Å². The Bertz CT molecular complexity index is 1100. The molecule has 13 nitrogen and oxygen atoms in total. The first-order valence-corrected chi connectivity index (χ1v) is 19.1. The van der Waals surface area contributed by atoms with Gasteiger partial charge in [0.1, 0.15) is 18.3 Å². The number of nitrogens with one attached hydrogen (secondary N) is 1. The number of carbonyl (C=O) groups is 1. The van der Waals surface area contributed by atoms with Gasteiger partial charge in [-0.25, -0.2) is 0 Å². The molecule has 0 spiro atoms. The number of ether oxygens (including phenoxy) is 6. The second-order valence-electron chi connectivity index (χ2n) is 17.2. The van der Waals surface area contributed by atoms with E-state index in [9.17, 15) is 25.2 Å². The molecule has 3 heterocycles. The maximum Gasteiger partial charge on any atom is 0.311 e. The summed E-state index contributed by atoms with van der Waals surface area (Å²) in [6, 6.07) is -0.563. The van der Waals surface area contributed by atoms with Gasteiger partial charge in [0.15, 0.2) is 12.6 Å². The number of nitrogens with zero attached hydrogens (tertiary/aromatic N) is 1. The van der Waals surface area contributed by atoms with Crippen LogP contribution in [0.3, 0.4) is 0 Å². The Balaban J connectivity index is 2.14. The second-order valence-corrected chi connectivity index (χ2v) is 17.2. The van der Waals surface area contributed by atoms with Gasteiger partial charge in [-0.1, -0.05) is 34.6 Å². The Labute approximate surface area is 307 Å². The summed E-state index contributed by atoms with van der Waals surface area (Å²) in [4.78, 5) is 16.2. The maximum atomic E-state index is 14.2. The van der Waals surface area contributed by atoms with E-state index >= 15 is 0 Å². The summed E-state index contributed by atoms with van der Waals surface area (Å²) in [5.41, 5.74) is -2.49. The van der Waals surface area contributed by atoms with Gasteiger partial charge in [0.05, 0.1) is 47.6 Å². The summed E-state index contributed by atoms with van der Waals surface area (Å²) in [6.45, 7) is 21.0. The van der Waals surface area contributed by atoms with Gasteiger partial charge in [0.25, 0.3) is 0 Å². The zero-order valence-electron chi connectivity index (χ0n) is 33.7. The molecular weight excluding hydrogens is 660 g/mol. The highest BCUT2D eigenvalue weighted by Crippen LogP contribution is 2.39. The first-order chi connectivity index (χ1) is 23.5. The standard InChI is InChI=1S/C38H72N2O11/c1-19(2)31-22(5)29(41)25(8)39-18-20(3)16-37(10,45)34(51-36-30(42)27(40(12)13)15-21(4)47-36)23(6)32(24(7)35(44)50-31)49-28-17-38(11,46-14)33(43)26(9)48-28/h19-34,36,39,41-43,45H,15-18H2,1-14H3. The Morgan fingerprint density at radius 3 is 2.12 bits per heavy atom. The van der Waals surface area contributed by atoms with Crippen LogP contribution in [-0.2, 0) is 33.2 Å². The zero-order chi connectivity index (χ0) is 38.7. The molecule has 0 aromatic carbocycles. The van der Waals surface area contributed by atoms with E-state index in [4.69, 9.17) is 28.4 Å². The van der Waals surface area contributed by atoms with Crippen molar-refractivity contribution < 1.29 is 53.6 Å². The minimum Gasteiger partial charge on any atom is -0.461 e. The van der Waals surface area contributed by atoms with Crippen LogP contribution in [0.4, 0.5) is 0 Å². The lowest BCUT2D eigenvalue weighted by molar-refractivity contribution is -0.317. The van der Waals surface area contributed by atoms with Crippen molar-refractivity contribution in [2.24, 2.45) is 29.6 Å². The van der Waals surface area contributed by atoms with Crippen LogP contribution in [0.1, 0.15) is 95.4 Å². The smallest absolute Gasteiger partial charge is 0.311 e. The van der Waals surface area contributed by atoms with Crippen molar-refractivity contribution in [3.63, 3.8) is 0 Å². The van der Waals surface area contributed by atoms with Crippen molar-refractivity contribution in [3.8, 4) is 0 Å². The predicted molar refractivity (Wildman–Crippen MR) is 193 cm³/mol. The van der Waals surface area contributed by atoms with Crippen molar-refractivity contribution in [1.29, 1.82) is 0 Å². The molecule has 0 aromatic heterocycles. The van der Waals surface area contributed by atoms with Gasteiger partial charge in [0, 0.05) is 37.5 Å². The summed E-state index contributed by atoms with van der Waals surface area (Å²) < 4.78 is 37.8. The number of hydrogen-bond acceptors (Lipinski definition) is 13. The number of carbonyl (C=O) groups excluding carboxylic acids is 1. The van der Waals surface area contributed by atoms with Crippen LogP contribution in [-0.4, -0.2) is 144 Å². The van der Waals surface area contributed by atoms with Crippen LogP contribution in [0.15, 0.2) is 0 Å². The molecule has 3 saturated heterocycles. The molecule has 3 fully saturated rings. The average molecular weight is 733 g/mol. The fourth-order valence-corrected chi connectivity index (χ4v) is 8.55. The number of aliphatic hydroxyl groups excluding tert-OH is 3. The fraction of sp³-hybridized carbons (Fsp3) is 0.974. The minimum absolute atomic E-state index is 0.0685. The largest absolute Gasteiger partial charge is 0.461 e. The number of methoxy groups -OCH3 is 1. The van der Waals surface area contributed by atoms with E-state index in [1.165, 1.54) is 7.11 Å². The van der Waals surface area contributed by atoms with Gasteiger partial charge in [0.2, 0.25) is 0 Å². The third-order valence-corrected chi connectivity index (χ3v) is 11.8. The van der Waals surface area contributed by atoms with Gasteiger partial charge in [-0.05, 0) is 86.9 Å². The molecule has 0 aliphatic carbocycles. The fourth-order valence-electron chi connectivity index (χ4n) is 8.55. The van der Waals surface area contributed by atoms with Crippen molar-refractivity contribution in [2.75, 3.05) is 27.7 Å². The molecule has 300 valence electrons. The Morgan fingerprint density at radius 2 is 1.55 bits per heavy atom. The average Bonchev–Trinajstić information content (AvgIpc) is 3.05. The minimum atomic E-state index is -1.50. The lowest BCUT2D eigenvalue weighted by Crippen LogP contribution is -2.60. The van der Waals surface area contributed by atoms with E-state index in [0.717, 1.165) is 0 Å². The molecule has 0 saturated carbocycles. The van der Waals surface area contributed by atoms with Crippen LogP contribution in [0, 0.1) is 29.6 Å². The topological polar surface area (TPSA) is 169 Å². The van der Waals surface area contributed by atoms with Crippen molar-refractivity contribution in [2.45, 2.75) is 180 Å². The van der Waals surface area contributed by atoms with Crippen LogP contribution in [0.2, 0.25) is 0 Å². The van der Waals surface area contributed by atoms with Crippen molar-refractivity contribution in [1.82, 2.24) is 10.2 Å². The molecule has 3 rings (SSSR count). The quantitative estimate of drug-likeness (QED) is 0.243. The number of cyclic esters (lactones) is 1. The molecule has 51 heavy (non-hydrogen) atoms. The molecule has 3 aliphatic heterocycles. The Morgan fingerprint density at radius 1 is 0.922 bits per heavy atom. The van der Waals surface area contributed by atoms with Gasteiger partial charge in [-0.15, -0.1) is 0 Å². The molecule has 0 bridgehead atoms. The third-order valence-electron chi connectivity index (χ3n) is 11.8. The molecule has 0 radical (unpaired) electrons. The summed E-state index contributed by atoms with van der Waals surface area (Å²) in [6.07, 6.45) is -7.03. The number of rotatable bonds is 7. The van der Waals surface area contributed by atoms with Gasteiger partial charge < -0.3 is 59.1 Å². The van der Waals surface area contributed by atoms with E-state index in [-0.39, 0.29) is 48.8 Å². The van der Waals surface area contributed by atoms with E-state index in [1.807, 2.05) is 67.5 Å². The Kier molecular flexibility index (Phi) is 15.8. The SMILES string of the molecule is COC1(C)CC(OC2C(C)C(=O)OC(C(C)C)C(C)C(O)C(C)NCC(C)CC(C)(O)C(OC3OC(C)CC(N(C)C)C3O)C2C)OC(C)C1O. The second kappa shape index (κ2) is 18.1. The van der Waals surface area contributed by atoms with Crippen molar-refractivity contribution in [3.05, 3.63) is 0 Å². The molecule has 5 N–H and O–H groups in total. The summed E-state index contributed by atoms with van der Waals surface area (Å²) in [5.74, 6) is -2.65. The van der Waals surface area contributed by atoms with E-state index in [0.29, 0.717) is 13.0 Å². The maximum absolute atomic E-state index is 14.2. The highest BCUT2D eigenvalue weighted by atomic mass is 16.7. The molecule has 18 unspecified atom stereocenters.